The first-order valence-corrected chi connectivity index (χ1v) is 12.2. The molecule has 3 saturated heterocycles. The van der Waals surface area contributed by atoms with E-state index < -0.39 is 41.1 Å². The smallest absolute Gasteiger partial charge is 0.312 e. The summed E-state index contributed by atoms with van der Waals surface area (Å²) in [7, 11) is 0. The highest BCUT2D eigenvalue weighted by Gasteiger charge is 2.76. The number of esters is 1. The lowest BCUT2D eigenvalue weighted by atomic mass is 9.70. The van der Waals surface area contributed by atoms with Gasteiger partial charge in [-0.2, -0.15) is 0 Å². The van der Waals surface area contributed by atoms with E-state index in [2.05, 4.69) is 21.2 Å². The number of hydrogen-bond donors (Lipinski definition) is 2. The van der Waals surface area contributed by atoms with Crippen LogP contribution in [-0.4, -0.2) is 75.7 Å². The van der Waals surface area contributed by atoms with Gasteiger partial charge in [0.05, 0.1) is 24.5 Å². The Morgan fingerprint density at radius 2 is 1.97 bits per heavy atom. The zero-order valence-electron chi connectivity index (χ0n) is 18.9. The number of aliphatic hydroxyl groups is 1. The molecule has 8 nitrogen and oxygen atoms in total. The van der Waals surface area contributed by atoms with E-state index in [1.54, 1.807) is 11.8 Å². The fourth-order valence-corrected chi connectivity index (χ4v) is 6.31. The Morgan fingerprint density at radius 1 is 1.29 bits per heavy atom. The molecule has 0 aromatic heterocycles. The molecule has 0 aromatic carbocycles. The summed E-state index contributed by atoms with van der Waals surface area (Å²) in [5.41, 5.74) is -1.50. The predicted molar refractivity (Wildman–Crippen MR) is 117 cm³/mol. The summed E-state index contributed by atoms with van der Waals surface area (Å²) in [5, 5.41) is 12.0. The van der Waals surface area contributed by atoms with Crippen molar-refractivity contribution >= 4 is 33.7 Å². The molecule has 176 valence electrons. The van der Waals surface area contributed by atoms with Crippen molar-refractivity contribution in [2.24, 2.45) is 11.8 Å². The summed E-state index contributed by atoms with van der Waals surface area (Å²) in [4.78, 5) is 41.3. The minimum absolute atomic E-state index is 0.125. The highest BCUT2D eigenvalue weighted by Crippen LogP contribution is 2.60. The highest BCUT2D eigenvalue weighted by atomic mass is 79.9. The molecule has 9 heteroatoms. The Balaban J connectivity index is 1.91. The number of hydrogen-bond acceptors (Lipinski definition) is 6. The number of rotatable bonds is 9. The van der Waals surface area contributed by atoms with E-state index in [0.717, 1.165) is 25.7 Å². The third kappa shape index (κ3) is 4.50. The molecule has 3 aliphatic heterocycles. The number of amides is 2. The number of likely N-dealkylation sites (tertiary alicyclic amines) is 1. The second-order valence-corrected chi connectivity index (χ2v) is 11.0. The molecule has 1 spiro atoms. The maximum Gasteiger partial charge on any atom is 0.312 e. The fourth-order valence-electron chi connectivity index (χ4n) is 5.36. The number of unbranched alkanes of at least 4 members (excludes halogenated alkanes) is 3. The van der Waals surface area contributed by atoms with E-state index in [1.165, 1.54) is 0 Å². The van der Waals surface area contributed by atoms with Gasteiger partial charge in [0, 0.05) is 23.5 Å². The van der Waals surface area contributed by atoms with Crippen molar-refractivity contribution in [1.82, 2.24) is 10.2 Å². The van der Waals surface area contributed by atoms with Crippen molar-refractivity contribution in [2.75, 3.05) is 19.8 Å². The van der Waals surface area contributed by atoms with Gasteiger partial charge >= 0.3 is 5.97 Å². The molecule has 0 radical (unpaired) electrons. The Bertz CT molecular complexity index is 711. The molecular formula is C22H35BrN2O6. The van der Waals surface area contributed by atoms with Gasteiger partial charge in [-0.15, -0.1) is 0 Å². The SMILES string of the molecule is CCOC(=O)[C@H]1[C@@H]2OC3(CC2Br)C(C(=O)NC(C)(C)C)N(CCCCCCO)C(=O)[C@H]13. The third-order valence-corrected chi connectivity index (χ3v) is 7.25. The number of aliphatic hydroxyl groups excluding tert-OH is 1. The molecule has 0 aromatic rings. The van der Waals surface area contributed by atoms with Gasteiger partial charge in [0.25, 0.3) is 0 Å². The second kappa shape index (κ2) is 9.35. The normalized spacial score (nSPS) is 34.2. The van der Waals surface area contributed by atoms with Gasteiger partial charge in [-0.1, -0.05) is 28.8 Å². The average Bonchev–Trinajstić information content (AvgIpc) is 3.24. The largest absolute Gasteiger partial charge is 0.466 e. The monoisotopic (exact) mass is 502 g/mol. The van der Waals surface area contributed by atoms with E-state index in [9.17, 15) is 14.4 Å². The molecular weight excluding hydrogens is 468 g/mol. The van der Waals surface area contributed by atoms with Crippen molar-refractivity contribution in [3.63, 3.8) is 0 Å². The number of nitrogens with one attached hydrogen (secondary N) is 1. The zero-order valence-corrected chi connectivity index (χ0v) is 20.4. The van der Waals surface area contributed by atoms with Crippen molar-refractivity contribution in [3.05, 3.63) is 0 Å². The van der Waals surface area contributed by atoms with Gasteiger partial charge in [0.2, 0.25) is 11.8 Å². The maximum atomic E-state index is 13.6. The highest BCUT2D eigenvalue weighted by molar-refractivity contribution is 9.09. The molecule has 3 aliphatic rings. The van der Waals surface area contributed by atoms with E-state index in [0.29, 0.717) is 13.0 Å². The minimum atomic E-state index is -1.03. The molecule has 2 N–H and O–H groups in total. The van der Waals surface area contributed by atoms with Gasteiger partial charge in [-0.25, -0.2) is 0 Å². The number of halogens is 1. The van der Waals surface area contributed by atoms with Gasteiger partial charge in [-0.05, 0) is 47.0 Å². The lowest BCUT2D eigenvalue weighted by molar-refractivity contribution is -0.154. The number of ether oxygens (including phenoxy) is 2. The zero-order chi connectivity index (χ0) is 23.0. The lowest BCUT2D eigenvalue weighted by Gasteiger charge is -2.35. The van der Waals surface area contributed by atoms with Gasteiger partial charge in [0.15, 0.2) is 0 Å². The predicted octanol–water partition coefficient (Wildman–Crippen LogP) is 1.76. The Labute approximate surface area is 192 Å². The van der Waals surface area contributed by atoms with E-state index >= 15 is 0 Å². The van der Waals surface area contributed by atoms with E-state index in [4.69, 9.17) is 14.6 Å². The minimum Gasteiger partial charge on any atom is -0.466 e. The standard InChI is InChI=1S/C22H35BrN2O6/c1-5-30-20(29)14-15-19(28)25(10-8-6-7-9-11-26)17(18(27)24-21(2,3)4)22(15)12-13(23)16(14)31-22/h13-17,26H,5-12H2,1-4H3,(H,24,27)/t13?,14-,15+,16-,17?,22?/m1/s1. The molecule has 31 heavy (non-hydrogen) atoms. The third-order valence-electron chi connectivity index (χ3n) is 6.40. The number of carbonyl (C=O) groups is 3. The van der Waals surface area contributed by atoms with Crippen LogP contribution >= 0.6 is 15.9 Å². The first-order chi connectivity index (χ1) is 14.6. The summed E-state index contributed by atoms with van der Waals surface area (Å²) in [6.45, 7) is 8.23. The average molecular weight is 503 g/mol. The van der Waals surface area contributed by atoms with Crippen molar-refractivity contribution in [2.45, 2.75) is 87.9 Å². The molecule has 0 saturated carbocycles. The molecule has 3 rings (SSSR count). The summed E-state index contributed by atoms with van der Waals surface area (Å²) in [6, 6.07) is -0.786. The van der Waals surface area contributed by atoms with Crippen LogP contribution in [0.2, 0.25) is 0 Å². The molecule has 3 heterocycles. The van der Waals surface area contributed by atoms with Crippen LogP contribution in [0.4, 0.5) is 0 Å². The van der Waals surface area contributed by atoms with Crippen LogP contribution in [0.5, 0.6) is 0 Å². The first-order valence-electron chi connectivity index (χ1n) is 11.3. The Hall–Kier alpha value is -1.19. The summed E-state index contributed by atoms with van der Waals surface area (Å²) >= 11 is 3.63. The summed E-state index contributed by atoms with van der Waals surface area (Å²) in [6.07, 6.45) is 3.16. The molecule has 3 unspecified atom stereocenters. The molecule has 6 atom stereocenters. The second-order valence-electron chi connectivity index (χ2n) is 9.82. The number of alkyl halides is 1. The van der Waals surface area contributed by atoms with Crippen LogP contribution in [0.1, 0.15) is 59.8 Å². The number of nitrogens with zero attached hydrogens (tertiary/aromatic N) is 1. The van der Waals surface area contributed by atoms with Crippen molar-refractivity contribution < 1.29 is 29.0 Å². The van der Waals surface area contributed by atoms with E-state index in [-0.39, 0.29) is 29.9 Å². The van der Waals surface area contributed by atoms with Crippen LogP contribution in [0.3, 0.4) is 0 Å². The number of fused-ring (bicyclic) bond motifs is 1. The van der Waals surface area contributed by atoms with Gasteiger partial charge in [0.1, 0.15) is 11.6 Å². The van der Waals surface area contributed by atoms with Crippen LogP contribution in [0.15, 0.2) is 0 Å². The van der Waals surface area contributed by atoms with Crippen LogP contribution < -0.4 is 5.32 Å². The maximum absolute atomic E-state index is 13.6. The van der Waals surface area contributed by atoms with Crippen molar-refractivity contribution in [3.8, 4) is 0 Å². The fraction of sp³-hybridized carbons (Fsp3) is 0.864. The summed E-state index contributed by atoms with van der Waals surface area (Å²) in [5.74, 6) is -2.30. The molecule has 0 aliphatic carbocycles. The topological polar surface area (TPSA) is 105 Å². The molecule has 3 fully saturated rings. The Kier molecular flexibility index (Phi) is 7.38. The quantitative estimate of drug-likeness (QED) is 0.282. The first kappa shape index (κ1) is 24.5. The van der Waals surface area contributed by atoms with E-state index in [1.807, 2.05) is 20.8 Å². The Morgan fingerprint density at radius 3 is 2.58 bits per heavy atom. The summed E-state index contributed by atoms with van der Waals surface area (Å²) < 4.78 is 11.6. The van der Waals surface area contributed by atoms with Crippen molar-refractivity contribution in [1.29, 1.82) is 0 Å². The molecule has 2 amide bonds. The van der Waals surface area contributed by atoms with Crippen LogP contribution in [0, 0.1) is 11.8 Å². The van der Waals surface area contributed by atoms with Gasteiger partial charge < -0.3 is 24.8 Å². The lowest BCUT2D eigenvalue weighted by Crippen LogP contribution is -2.58. The molecule has 2 bridgehead atoms. The van der Waals surface area contributed by atoms with Crippen LogP contribution in [0.25, 0.3) is 0 Å². The number of carbonyl (C=O) groups excluding carboxylic acids is 3. The van der Waals surface area contributed by atoms with Crippen LogP contribution in [-0.2, 0) is 23.9 Å². The van der Waals surface area contributed by atoms with Gasteiger partial charge in [-0.3, -0.25) is 14.4 Å².